The van der Waals surface area contributed by atoms with E-state index in [9.17, 15) is 9.59 Å². The molecule has 0 aromatic heterocycles. The van der Waals surface area contributed by atoms with Crippen LogP contribution in [0.1, 0.15) is 65.0 Å². The number of nitrogens with one attached hydrogen (secondary N) is 1. The molecule has 1 aliphatic rings. The van der Waals surface area contributed by atoms with E-state index in [0.29, 0.717) is 30.5 Å². The molecule has 150 valence electrons. The monoisotopic (exact) mass is 394 g/mol. The molecule has 1 saturated heterocycles. The summed E-state index contributed by atoms with van der Waals surface area (Å²) >= 11 is 5.94. The van der Waals surface area contributed by atoms with Crippen LogP contribution in [-0.4, -0.2) is 35.6 Å². The fourth-order valence-electron chi connectivity index (χ4n) is 3.28. The Morgan fingerprint density at radius 3 is 2.33 bits per heavy atom. The van der Waals surface area contributed by atoms with Crippen molar-refractivity contribution in [3.05, 3.63) is 34.9 Å². The van der Waals surface area contributed by atoms with Crippen molar-refractivity contribution in [2.45, 2.75) is 65.0 Å². The molecular weight excluding hydrogens is 364 g/mol. The van der Waals surface area contributed by atoms with Crippen molar-refractivity contribution < 1.29 is 14.3 Å². The second-order valence-corrected chi connectivity index (χ2v) is 8.63. The maximum absolute atomic E-state index is 12.5. The second-order valence-electron chi connectivity index (χ2n) is 8.19. The third-order valence-electron chi connectivity index (χ3n) is 4.76. The molecule has 2 rings (SSSR count). The SMILES string of the molecule is CC[C@H](NC(=O)CC1CCN(C(=O)OC(C)(C)C)CC1)c1ccc(Cl)cc1. The average molecular weight is 395 g/mol. The van der Waals surface area contributed by atoms with Crippen LogP contribution >= 0.6 is 11.6 Å². The molecule has 1 aromatic rings. The number of piperidine rings is 1. The third kappa shape index (κ3) is 7.06. The zero-order valence-corrected chi connectivity index (χ0v) is 17.5. The highest BCUT2D eigenvalue weighted by Crippen LogP contribution is 2.24. The zero-order chi connectivity index (χ0) is 20.0. The lowest BCUT2D eigenvalue weighted by Crippen LogP contribution is -2.42. The summed E-state index contributed by atoms with van der Waals surface area (Å²) < 4.78 is 5.42. The Balaban J connectivity index is 1.80. The number of nitrogens with zero attached hydrogens (tertiary/aromatic N) is 1. The van der Waals surface area contributed by atoms with E-state index >= 15 is 0 Å². The molecule has 6 heteroatoms. The van der Waals surface area contributed by atoms with Gasteiger partial charge in [0.25, 0.3) is 0 Å². The molecule has 27 heavy (non-hydrogen) atoms. The standard InChI is InChI=1S/C21H31ClN2O3/c1-5-18(16-6-8-17(22)9-7-16)23-19(25)14-15-10-12-24(13-11-15)20(26)27-21(2,3)4/h6-9,15,18H,5,10-14H2,1-4H3,(H,23,25)/t18-/m0/s1. The molecule has 1 atom stereocenters. The molecule has 0 radical (unpaired) electrons. The van der Waals surface area contributed by atoms with Crippen LogP contribution in [0.5, 0.6) is 0 Å². The van der Waals surface area contributed by atoms with Crippen molar-refractivity contribution in [1.29, 1.82) is 0 Å². The number of amides is 2. The third-order valence-corrected chi connectivity index (χ3v) is 5.01. The van der Waals surface area contributed by atoms with E-state index in [1.54, 1.807) is 4.90 Å². The average Bonchev–Trinajstić information content (AvgIpc) is 2.59. The fourth-order valence-corrected chi connectivity index (χ4v) is 3.40. The van der Waals surface area contributed by atoms with E-state index in [1.807, 2.05) is 45.0 Å². The Labute approximate surface area is 167 Å². The molecule has 1 aromatic carbocycles. The minimum absolute atomic E-state index is 0.00313. The van der Waals surface area contributed by atoms with Gasteiger partial charge in [-0.3, -0.25) is 4.79 Å². The molecule has 0 unspecified atom stereocenters. The first kappa shape index (κ1) is 21.5. The van der Waals surface area contributed by atoms with Crippen LogP contribution in [-0.2, 0) is 9.53 Å². The van der Waals surface area contributed by atoms with Crippen LogP contribution in [0.3, 0.4) is 0 Å². The van der Waals surface area contributed by atoms with Crippen molar-refractivity contribution >= 4 is 23.6 Å². The van der Waals surface area contributed by atoms with Crippen LogP contribution in [0.15, 0.2) is 24.3 Å². The van der Waals surface area contributed by atoms with E-state index < -0.39 is 5.60 Å². The van der Waals surface area contributed by atoms with E-state index in [0.717, 1.165) is 24.8 Å². The summed E-state index contributed by atoms with van der Waals surface area (Å²) in [6.45, 7) is 8.94. The first-order chi connectivity index (χ1) is 12.7. The van der Waals surface area contributed by atoms with E-state index in [1.165, 1.54) is 0 Å². The molecule has 5 nitrogen and oxygen atoms in total. The van der Waals surface area contributed by atoms with E-state index in [2.05, 4.69) is 12.2 Å². The molecule has 0 bridgehead atoms. The summed E-state index contributed by atoms with van der Waals surface area (Å²) in [5.74, 6) is 0.360. The van der Waals surface area contributed by atoms with Gasteiger partial charge in [-0.05, 0) is 63.6 Å². The minimum atomic E-state index is -0.481. The van der Waals surface area contributed by atoms with Gasteiger partial charge in [-0.25, -0.2) is 4.79 Å². The number of hydrogen-bond acceptors (Lipinski definition) is 3. The minimum Gasteiger partial charge on any atom is -0.444 e. The van der Waals surface area contributed by atoms with Crippen LogP contribution in [0.2, 0.25) is 5.02 Å². The summed E-state index contributed by atoms with van der Waals surface area (Å²) in [5, 5.41) is 3.82. The number of carbonyl (C=O) groups excluding carboxylic acids is 2. The van der Waals surface area contributed by atoms with Crippen LogP contribution < -0.4 is 5.32 Å². The van der Waals surface area contributed by atoms with Gasteiger partial charge in [0.2, 0.25) is 5.91 Å². The highest BCUT2D eigenvalue weighted by atomic mass is 35.5. The second kappa shape index (κ2) is 9.45. The maximum Gasteiger partial charge on any atom is 0.410 e. The first-order valence-corrected chi connectivity index (χ1v) is 10.1. The van der Waals surface area contributed by atoms with Gasteiger partial charge in [0.1, 0.15) is 5.60 Å². The Morgan fingerprint density at radius 1 is 1.22 bits per heavy atom. The molecule has 1 N–H and O–H groups in total. The Morgan fingerprint density at radius 2 is 1.81 bits per heavy atom. The van der Waals surface area contributed by atoms with Crippen molar-refractivity contribution in [3.63, 3.8) is 0 Å². The Hall–Kier alpha value is -1.75. The van der Waals surface area contributed by atoms with Gasteiger partial charge >= 0.3 is 6.09 Å². The molecule has 0 spiro atoms. The Kier molecular flexibility index (Phi) is 7.54. The fraction of sp³-hybridized carbons (Fsp3) is 0.619. The first-order valence-electron chi connectivity index (χ1n) is 9.70. The lowest BCUT2D eigenvalue weighted by molar-refractivity contribution is -0.123. The Bertz CT molecular complexity index is 632. The summed E-state index contributed by atoms with van der Waals surface area (Å²) in [5.41, 5.74) is 0.583. The predicted molar refractivity (Wildman–Crippen MR) is 108 cm³/mol. The lowest BCUT2D eigenvalue weighted by Gasteiger charge is -2.33. The number of benzene rings is 1. The highest BCUT2D eigenvalue weighted by Gasteiger charge is 2.28. The van der Waals surface area contributed by atoms with Gasteiger partial charge in [0, 0.05) is 24.5 Å². The van der Waals surface area contributed by atoms with Crippen molar-refractivity contribution in [2.24, 2.45) is 5.92 Å². The number of carbonyl (C=O) groups is 2. The van der Waals surface area contributed by atoms with Crippen LogP contribution in [0.4, 0.5) is 4.79 Å². The molecular formula is C21H31ClN2O3. The number of hydrogen-bond donors (Lipinski definition) is 1. The lowest BCUT2D eigenvalue weighted by atomic mass is 9.93. The number of rotatable bonds is 5. The molecule has 1 aliphatic heterocycles. The molecule has 2 amide bonds. The quantitative estimate of drug-likeness (QED) is 0.769. The van der Waals surface area contributed by atoms with E-state index in [-0.39, 0.29) is 18.0 Å². The highest BCUT2D eigenvalue weighted by molar-refractivity contribution is 6.30. The molecule has 0 aliphatic carbocycles. The summed E-state index contributed by atoms with van der Waals surface area (Å²) in [4.78, 5) is 26.3. The van der Waals surface area contributed by atoms with E-state index in [4.69, 9.17) is 16.3 Å². The zero-order valence-electron chi connectivity index (χ0n) is 16.8. The summed E-state index contributed by atoms with van der Waals surface area (Å²) in [6, 6.07) is 7.60. The number of halogens is 1. The number of likely N-dealkylation sites (tertiary alicyclic amines) is 1. The van der Waals surface area contributed by atoms with Gasteiger partial charge < -0.3 is 15.0 Å². The van der Waals surface area contributed by atoms with Crippen LogP contribution in [0.25, 0.3) is 0 Å². The predicted octanol–water partition coefficient (Wildman–Crippen LogP) is 4.94. The molecule has 0 saturated carbocycles. The summed E-state index contributed by atoms with van der Waals surface area (Å²) in [7, 11) is 0. The van der Waals surface area contributed by atoms with Gasteiger partial charge in [0.05, 0.1) is 6.04 Å². The van der Waals surface area contributed by atoms with Gasteiger partial charge in [-0.1, -0.05) is 30.7 Å². The van der Waals surface area contributed by atoms with Gasteiger partial charge in [0.15, 0.2) is 0 Å². The topological polar surface area (TPSA) is 58.6 Å². The van der Waals surface area contributed by atoms with Crippen LogP contribution in [0, 0.1) is 5.92 Å². The van der Waals surface area contributed by atoms with Gasteiger partial charge in [-0.2, -0.15) is 0 Å². The molecule has 1 fully saturated rings. The van der Waals surface area contributed by atoms with Crippen molar-refractivity contribution in [3.8, 4) is 0 Å². The normalized spacial score (nSPS) is 16.7. The van der Waals surface area contributed by atoms with Gasteiger partial charge in [-0.15, -0.1) is 0 Å². The summed E-state index contributed by atoms with van der Waals surface area (Å²) in [6.07, 6.45) is 2.70. The van der Waals surface area contributed by atoms with Crippen molar-refractivity contribution in [2.75, 3.05) is 13.1 Å². The smallest absolute Gasteiger partial charge is 0.410 e. The maximum atomic E-state index is 12.5. The number of ether oxygens (including phenoxy) is 1. The van der Waals surface area contributed by atoms with Crippen molar-refractivity contribution in [1.82, 2.24) is 10.2 Å². The largest absolute Gasteiger partial charge is 0.444 e. The molecule has 1 heterocycles.